The van der Waals surface area contributed by atoms with Crippen molar-refractivity contribution in [2.24, 2.45) is 0 Å². The third-order valence-corrected chi connectivity index (χ3v) is 6.36. The number of rotatable bonds is 2. The lowest BCUT2D eigenvalue weighted by Gasteiger charge is -2.10. The molecule has 0 N–H and O–H groups in total. The van der Waals surface area contributed by atoms with E-state index >= 15 is 0 Å². The van der Waals surface area contributed by atoms with Crippen molar-refractivity contribution < 1.29 is 4.42 Å². The Kier molecular flexibility index (Phi) is 3.55. The summed E-state index contributed by atoms with van der Waals surface area (Å²) < 4.78 is 8.20. The summed E-state index contributed by atoms with van der Waals surface area (Å²) in [4.78, 5) is 4.45. The lowest BCUT2D eigenvalue weighted by Crippen LogP contribution is -1.93. The molecule has 4 aromatic carbocycles. The van der Waals surface area contributed by atoms with Crippen LogP contribution in [0.2, 0.25) is 0 Å². The average molecular weight is 410 g/mol. The number of fused-ring (bicyclic) bond motifs is 6. The van der Waals surface area contributed by atoms with Gasteiger partial charge in [-0.2, -0.15) is 0 Å². The molecule has 7 aromatic rings. The third-order valence-electron chi connectivity index (χ3n) is 6.36. The van der Waals surface area contributed by atoms with Gasteiger partial charge in [-0.15, -0.1) is 0 Å². The SMILES string of the molecule is c1ccc2c(-c3ccc(-n4c5ccccc5c5c6occc6ccc54)cc3)cncc2c1. The number of hydrogen-bond donors (Lipinski definition) is 0. The molecule has 0 spiro atoms. The van der Waals surface area contributed by atoms with Crippen molar-refractivity contribution in [3.05, 3.63) is 110 Å². The van der Waals surface area contributed by atoms with Gasteiger partial charge in [-0.3, -0.25) is 4.98 Å². The fraction of sp³-hybridized carbons (Fsp3) is 0. The van der Waals surface area contributed by atoms with Crippen LogP contribution in [-0.4, -0.2) is 9.55 Å². The number of hydrogen-bond acceptors (Lipinski definition) is 2. The molecule has 0 saturated heterocycles. The molecule has 0 bridgehead atoms. The van der Waals surface area contributed by atoms with Gasteiger partial charge >= 0.3 is 0 Å². The maximum absolute atomic E-state index is 5.89. The third kappa shape index (κ3) is 2.39. The van der Waals surface area contributed by atoms with Crippen LogP contribution < -0.4 is 0 Å². The van der Waals surface area contributed by atoms with E-state index in [1.807, 2.05) is 18.5 Å². The molecule has 150 valence electrons. The quantitative estimate of drug-likeness (QED) is 0.292. The van der Waals surface area contributed by atoms with E-state index in [-0.39, 0.29) is 0 Å². The van der Waals surface area contributed by atoms with Gasteiger partial charge in [-0.1, -0.05) is 54.6 Å². The Morgan fingerprint density at radius 2 is 1.44 bits per heavy atom. The van der Waals surface area contributed by atoms with Crippen molar-refractivity contribution in [2.45, 2.75) is 0 Å². The number of para-hydroxylation sites is 1. The first-order chi connectivity index (χ1) is 15.9. The summed E-state index contributed by atoms with van der Waals surface area (Å²) in [6.07, 6.45) is 5.63. The van der Waals surface area contributed by atoms with Gasteiger partial charge < -0.3 is 8.98 Å². The predicted octanol–water partition coefficient (Wildman–Crippen LogP) is 7.75. The minimum Gasteiger partial charge on any atom is -0.464 e. The fourth-order valence-electron chi connectivity index (χ4n) is 4.89. The number of nitrogens with zero attached hydrogens (tertiary/aromatic N) is 2. The summed E-state index contributed by atoms with van der Waals surface area (Å²) in [5, 5.41) is 5.85. The first kappa shape index (κ1) is 17.3. The maximum atomic E-state index is 5.89. The second kappa shape index (κ2) is 6.56. The van der Waals surface area contributed by atoms with Gasteiger partial charge in [0.15, 0.2) is 0 Å². The van der Waals surface area contributed by atoms with Crippen LogP contribution >= 0.6 is 0 Å². The van der Waals surface area contributed by atoms with Crippen LogP contribution in [0.15, 0.2) is 114 Å². The standard InChI is InChI=1S/C29H18N2O/c1-2-6-23-21(5-1)17-30-18-25(23)19-9-12-22(13-10-19)31-26-8-4-3-7-24(26)28-27(31)14-11-20-15-16-32-29(20)28/h1-18H. The smallest absolute Gasteiger partial charge is 0.143 e. The molecule has 0 atom stereocenters. The van der Waals surface area contributed by atoms with Crippen LogP contribution in [-0.2, 0) is 0 Å². The van der Waals surface area contributed by atoms with Crippen molar-refractivity contribution >= 4 is 43.5 Å². The van der Waals surface area contributed by atoms with Gasteiger partial charge in [-0.25, -0.2) is 0 Å². The van der Waals surface area contributed by atoms with Gasteiger partial charge in [0.1, 0.15) is 5.58 Å². The predicted molar refractivity (Wildman–Crippen MR) is 131 cm³/mol. The average Bonchev–Trinajstić information content (AvgIpc) is 3.46. The first-order valence-corrected chi connectivity index (χ1v) is 10.7. The molecule has 32 heavy (non-hydrogen) atoms. The second-order valence-electron chi connectivity index (χ2n) is 8.11. The second-order valence-corrected chi connectivity index (χ2v) is 8.11. The van der Waals surface area contributed by atoms with Crippen molar-refractivity contribution in [3.8, 4) is 16.8 Å². The van der Waals surface area contributed by atoms with Gasteiger partial charge in [-0.05, 0) is 47.3 Å². The summed E-state index contributed by atoms with van der Waals surface area (Å²) in [5.74, 6) is 0. The monoisotopic (exact) mass is 410 g/mol. The van der Waals surface area contributed by atoms with E-state index in [1.165, 1.54) is 16.3 Å². The highest BCUT2D eigenvalue weighted by Crippen LogP contribution is 2.37. The highest BCUT2D eigenvalue weighted by Gasteiger charge is 2.16. The van der Waals surface area contributed by atoms with Gasteiger partial charge in [0.2, 0.25) is 0 Å². The molecule has 7 rings (SSSR count). The summed E-state index contributed by atoms with van der Waals surface area (Å²) >= 11 is 0. The van der Waals surface area contributed by atoms with Gasteiger partial charge in [0, 0.05) is 39.8 Å². The molecule has 0 unspecified atom stereocenters. The van der Waals surface area contributed by atoms with E-state index in [4.69, 9.17) is 4.42 Å². The Balaban J connectivity index is 1.46. The number of benzene rings is 4. The fourth-order valence-corrected chi connectivity index (χ4v) is 4.89. The molecule has 0 saturated carbocycles. The van der Waals surface area contributed by atoms with Gasteiger partial charge in [0.25, 0.3) is 0 Å². The van der Waals surface area contributed by atoms with E-state index in [1.54, 1.807) is 6.26 Å². The van der Waals surface area contributed by atoms with E-state index in [0.717, 1.165) is 44.1 Å². The number of furan rings is 1. The Hall–Kier alpha value is -4.37. The summed E-state index contributed by atoms with van der Waals surface area (Å²) in [6, 6.07) is 32.0. The zero-order chi connectivity index (χ0) is 21.1. The van der Waals surface area contributed by atoms with E-state index in [9.17, 15) is 0 Å². The molecule has 0 amide bonds. The van der Waals surface area contributed by atoms with Crippen molar-refractivity contribution in [2.75, 3.05) is 0 Å². The van der Waals surface area contributed by atoms with E-state index in [2.05, 4.69) is 94.5 Å². The zero-order valence-electron chi connectivity index (χ0n) is 17.2. The van der Waals surface area contributed by atoms with Crippen molar-refractivity contribution in [1.82, 2.24) is 9.55 Å². The van der Waals surface area contributed by atoms with Crippen LogP contribution in [0.5, 0.6) is 0 Å². The molecular formula is C29H18N2O. The number of pyridine rings is 1. The minimum absolute atomic E-state index is 0.941. The molecule has 0 aliphatic carbocycles. The van der Waals surface area contributed by atoms with Crippen molar-refractivity contribution in [3.63, 3.8) is 0 Å². The molecule has 0 radical (unpaired) electrons. The highest BCUT2D eigenvalue weighted by molar-refractivity contribution is 6.19. The molecule has 3 nitrogen and oxygen atoms in total. The van der Waals surface area contributed by atoms with Crippen LogP contribution in [0.25, 0.3) is 60.4 Å². The van der Waals surface area contributed by atoms with Crippen LogP contribution in [0.1, 0.15) is 0 Å². The molecule has 0 aliphatic rings. The molecule has 0 fully saturated rings. The topological polar surface area (TPSA) is 31.0 Å². The van der Waals surface area contributed by atoms with Crippen molar-refractivity contribution in [1.29, 1.82) is 0 Å². The maximum Gasteiger partial charge on any atom is 0.143 e. The Bertz CT molecular complexity index is 1770. The van der Waals surface area contributed by atoms with Crippen LogP contribution in [0.3, 0.4) is 0 Å². The summed E-state index contributed by atoms with van der Waals surface area (Å²) in [7, 11) is 0. The lowest BCUT2D eigenvalue weighted by atomic mass is 10.0. The first-order valence-electron chi connectivity index (χ1n) is 10.7. The largest absolute Gasteiger partial charge is 0.464 e. The Morgan fingerprint density at radius 3 is 2.34 bits per heavy atom. The molecule has 3 aromatic heterocycles. The molecule has 3 heterocycles. The highest BCUT2D eigenvalue weighted by atomic mass is 16.3. The normalized spacial score (nSPS) is 11.8. The van der Waals surface area contributed by atoms with Gasteiger partial charge in [0.05, 0.1) is 22.7 Å². The zero-order valence-corrected chi connectivity index (χ0v) is 17.2. The number of aromatic nitrogens is 2. The molecule has 3 heteroatoms. The minimum atomic E-state index is 0.941. The Morgan fingerprint density at radius 1 is 0.625 bits per heavy atom. The van der Waals surface area contributed by atoms with Crippen LogP contribution in [0, 0.1) is 0 Å². The summed E-state index contributed by atoms with van der Waals surface area (Å²) in [5.41, 5.74) is 6.69. The van der Waals surface area contributed by atoms with E-state index in [0.29, 0.717) is 0 Å². The van der Waals surface area contributed by atoms with Crippen LogP contribution in [0.4, 0.5) is 0 Å². The molecular weight excluding hydrogens is 392 g/mol. The molecule has 0 aliphatic heterocycles. The lowest BCUT2D eigenvalue weighted by molar-refractivity contribution is 0.619. The Labute approximate surface area is 184 Å². The van der Waals surface area contributed by atoms with E-state index < -0.39 is 0 Å². The summed E-state index contributed by atoms with van der Waals surface area (Å²) in [6.45, 7) is 0.